The van der Waals surface area contributed by atoms with Crippen molar-refractivity contribution in [2.75, 3.05) is 31.6 Å². The molecular weight excluding hydrogens is 260 g/mol. The summed E-state index contributed by atoms with van der Waals surface area (Å²) in [6, 6.07) is 6.17. The van der Waals surface area contributed by atoms with Gasteiger partial charge < -0.3 is 15.0 Å². The van der Waals surface area contributed by atoms with Gasteiger partial charge >= 0.3 is 0 Å². The molecule has 0 amide bonds. The van der Waals surface area contributed by atoms with E-state index in [2.05, 4.69) is 29.3 Å². The lowest BCUT2D eigenvalue weighted by molar-refractivity contribution is 0.121. The highest BCUT2D eigenvalue weighted by atomic mass is 35.5. The van der Waals surface area contributed by atoms with Gasteiger partial charge in [-0.05, 0) is 37.1 Å². The molecular formula is C15H23ClN2O. The monoisotopic (exact) mass is 282 g/mol. The average molecular weight is 283 g/mol. The van der Waals surface area contributed by atoms with Crippen LogP contribution < -0.4 is 10.2 Å². The number of rotatable bonds is 6. The second kappa shape index (κ2) is 7.13. The largest absolute Gasteiger partial charge is 0.380 e. The van der Waals surface area contributed by atoms with Gasteiger partial charge in [-0.25, -0.2) is 0 Å². The Labute approximate surface area is 120 Å². The van der Waals surface area contributed by atoms with Crippen molar-refractivity contribution in [1.82, 2.24) is 5.32 Å². The smallest absolute Gasteiger partial charge is 0.0762 e. The number of benzene rings is 1. The highest BCUT2D eigenvalue weighted by molar-refractivity contribution is 6.30. The first-order chi connectivity index (χ1) is 9.24. The standard InChI is InChI=1S/C15H23ClN2O/c1-3-7-17-10-12-4-5-13(16)9-15(12)18-8-6-14(11-18)19-2/h4-5,9,14,17H,3,6-8,10-11H2,1-2H3. The van der Waals surface area contributed by atoms with Gasteiger partial charge in [0.15, 0.2) is 0 Å². The maximum atomic E-state index is 6.15. The van der Waals surface area contributed by atoms with Crippen molar-refractivity contribution >= 4 is 17.3 Å². The Morgan fingerprint density at radius 1 is 1.47 bits per heavy atom. The number of hydrogen-bond acceptors (Lipinski definition) is 3. The van der Waals surface area contributed by atoms with Gasteiger partial charge in [-0.3, -0.25) is 0 Å². The summed E-state index contributed by atoms with van der Waals surface area (Å²) in [6.45, 7) is 6.12. The molecule has 0 radical (unpaired) electrons. The van der Waals surface area contributed by atoms with Crippen molar-refractivity contribution in [3.63, 3.8) is 0 Å². The fourth-order valence-corrected chi connectivity index (χ4v) is 2.69. The van der Waals surface area contributed by atoms with E-state index in [0.717, 1.165) is 44.0 Å². The summed E-state index contributed by atoms with van der Waals surface area (Å²) in [4.78, 5) is 2.38. The van der Waals surface area contributed by atoms with Crippen molar-refractivity contribution in [2.24, 2.45) is 0 Å². The summed E-state index contributed by atoms with van der Waals surface area (Å²) in [6.07, 6.45) is 2.58. The van der Waals surface area contributed by atoms with E-state index in [9.17, 15) is 0 Å². The van der Waals surface area contributed by atoms with Crippen molar-refractivity contribution in [3.8, 4) is 0 Å². The topological polar surface area (TPSA) is 24.5 Å². The lowest BCUT2D eigenvalue weighted by atomic mass is 10.1. The molecule has 1 aliphatic rings. The van der Waals surface area contributed by atoms with E-state index in [-0.39, 0.29) is 0 Å². The van der Waals surface area contributed by atoms with Crippen LogP contribution in [0.4, 0.5) is 5.69 Å². The zero-order valence-corrected chi connectivity index (χ0v) is 12.5. The SMILES string of the molecule is CCCNCc1ccc(Cl)cc1N1CCC(OC)C1. The molecule has 3 nitrogen and oxygen atoms in total. The van der Waals surface area contributed by atoms with E-state index in [0.29, 0.717) is 6.10 Å². The van der Waals surface area contributed by atoms with Crippen LogP contribution in [0.15, 0.2) is 18.2 Å². The molecule has 0 spiro atoms. The third kappa shape index (κ3) is 3.85. The fraction of sp³-hybridized carbons (Fsp3) is 0.600. The summed E-state index contributed by atoms with van der Waals surface area (Å²) in [5.41, 5.74) is 2.56. The maximum Gasteiger partial charge on any atom is 0.0762 e. The number of hydrogen-bond donors (Lipinski definition) is 1. The third-order valence-electron chi connectivity index (χ3n) is 3.61. The van der Waals surface area contributed by atoms with Crippen LogP contribution in [-0.4, -0.2) is 32.8 Å². The number of methoxy groups -OCH3 is 1. The van der Waals surface area contributed by atoms with E-state index in [1.54, 1.807) is 7.11 Å². The predicted molar refractivity (Wildman–Crippen MR) is 81.1 cm³/mol. The molecule has 1 aromatic rings. The van der Waals surface area contributed by atoms with Crippen LogP contribution >= 0.6 is 11.6 Å². The zero-order chi connectivity index (χ0) is 13.7. The average Bonchev–Trinajstić information content (AvgIpc) is 2.89. The van der Waals surface area contributed by atoms with Crippen molar-refractivity contribution < 1.29 is 4.74 Å². The molecule has 1 aromatic carbocycles. The molecule has 0 bridgehead atoms. The van der Waals surface area contributed by atoms with Crippen LogP contribution in [0.5, 0.6) is 0 Å². The third-order valence-corrected chi connectivity index (χ3v) is 3.84. The molecule has 1 fully saturated rings. The van der Waals surface area contributed by atoms with E-state index in [4.69, 9.17) is 16.3 Å². The molecule has 4 heteroatoms. The number of anilines is 1. The molecule has 2 rings (SSSR count). The molecule has 0 aliphatic carbocycles. The molecule has 0 aromatic heterocycles. The zero-order valence-electron chi connectivity index (χ0n) is 11.8. The first-order valence-corrected chi connectivity index (χ1v) is 7.39. The molecule has 19 heavy (non-hydrogen) atoms. The van der Waals surface area contributed by atoms with Crippen LogP contribution in [0, 0.1) is 0 Å². The highest BCUT2D eigenvalue weighted by Crippen LogP contribution is 2.28. The lowest BCUT2D eigenvalue weighted by Crippen LogP contribution is -2.24. The second-order valence-electron chi connectivity index (χ2n) is 5.04. The van der Waals surface area contributed by atoms with Gasteiger partial charge in [0.25, 0.3) is 0 Å². The van der Waals surface area contributed by atoms with Gasteiger partial charge in [0.1, 0.15) is 0 Å². The fourth-order valence-electron chi connectivity index (χ4n) is 2.52. The quantitative estimate of drug-likeness (QED) is 0.812. The first-order valence-electron chi connectivity index (χ1n) is 7.01. The number of nitrogens with zero attached hydrogens (tertiary/aromatic N) is 1. The molecule has 1 N–H and O–H groups in total. The predicted octanol–water partition coefficient (Wildman–Crippen LogP) is 3.06. The van der Waals surface area contributed by atoms with Crippen LogP contribution in [-0.2, 0) is 11.3 Å². The van der Waals surface area contributed by atoms with Gasteiger partial charge in [-0.1, -0.05) is 24.6 Å². The second-order valence-corrected chi connectivity index (χ2v) is 5.48. The Kier molecular flexibility index (Phi) is 5.49. The van der Waals surface area contributed by atoms with Gasteiger partial charge in [0.2, 0.25) is 0 Å². The number of nitrogens with one attached hydrogen (secondary N) is 1. The van der Waals surface area contributed by atoms with E-state index < -0.39 is 0 Å². The molecule has 1 unspecified atom stereocenters. The Hall–Kier alpha value is -0.770. The van der Waals surface area contributed by atoms with Crippen LogP contribution in [0.25, 0.3) is 0 Å². The minimum absolute atomic E-state index is 0.343. The summed E-state index contributed by atoms with van der Waals surface area (Å²) >= 11 is 6.15. The minimum Gasteiger partial charge on any atom is -0.380 e. The first kappa shape index (κ1) is 14.6. The normalized spacial score (nSPS) is 19.1. The van der Waals surface area contributed by atoms with Crippen molar-refractivity contribution in [2.45, 2.75) is 32.4 Å². The Balaban J connectivity index is 2.11. The van der Waals surface area contributed by atoms with Crippen molar-refractivity contribution in [3.05, 3.63) is 28.8 Å². The van der Waals surface area contributed by atoms with E-state index in [1.807, 2.05) is 6.07 Å². The van der Waals surface area contributed by atoms with Crippen molar-refractivity contribution in [1.29, 1.82) is 0 Å². The van der Waals surface area contributed by atoms with Gasteiger partial charge in [-0.2, -0.15) is 0 Å². The Bertz CT molecular complexity index is 411. The maximum absolute atomic E-state index is 6.15. The van der Waals surface area contributed by atoms with Gasteiger partial charge in [-0.15, -0.1) is 0 Å². The van der Waals surface area contributed by atoms with E-state index >= 15 is 0 Å². The Morgan fingerprint density at radius 2 is 2.32 bits per heavy atom. The summed E-state index contributed by atoms with van der Waals surface area (Å²) in [7, 11) is 1.79. The van der Waals surface area contributed by atoms with Crippen LogP contribution in [0.2, 0.25) is 5.02 Å². The Morgan fingerprint density at radius 3 is 3.00 bits per heavy atom. The van der Waals surface area contributed by atoms with Crippen LogP contribution in [0.1, 0.15) is 25.3 Å². The molecule has 106 valence electrons. The highest BCUT2D eigenvalue weighted by Gasteiger charge is 2.23. The van der Waals surface area contributed by atoms with E-state index in [1.165, 1.54) is 11.3 Å². The molecule has 1 atom stereocenters. The lowest BCUT2D eigenvalue weighted by Gasteiger charge is -2.22. The molecule has 0 saturated carbocycles. The number of ether oxygens (including phenoxy) is 1. The molecule has 1 heterocycles. The summed E-state index contributed by atoms with van der Waals surface area (Å²) in [5, 5.41) is 4.26. The van der Waals surface area contributed by atoms with Gasteiger partial charge in [0, 0.05) is 37.5 Å². The molecule has 1 aliphatic heterocycles. The minimum atomic E-state index is 0.343. The van der Waals surface area contributed by atoms with Gasteiger partial charge in [0.05, 0.1) is 6.10 Å². The number of halogens is 1. The van der Waals surface area contributed by atoms with Crippen LogP contribution in [0.3, 0.4) is 0 Å². The summed E-state index contributed by atoms with van der Waals surface area (Å²) in [5.74, 6) is 0. The summed E-state index contributed by atoms with van der Waals surface area (Å²) < 4.78 is 5.44. The molecule has 1 saturated heterocycles.